The fourth-order valence-electron chi connectivity index (χ4n) is 1.48. The molecule has 0 spiro atoms. The Kier molecular flexibility index (Phi) is 3.03. The molecule has 0 atom stereocenters. The van der Waals surface area contributed by atoms with Crippen LogP contribution in [0, 0.1) is 0 Å². The predicted octanol–water partition coefficient (Wildman–Crippen LogP) is 1.80. The molecule has 0 amide bonds. The van der Waals surface area contributed by atoms with E-state index < -0.39 is 0 Å². The number of hydrogen-bond donors (Lipinski definition) is 0. The zero-order valence-electron chi connectivity index (χ0n) is 7.85. The molecule has 0 radical (unpaired) electrons. The van der Waals surface area contributed by atoms with Gasteiger partial charge in [-0.25, -0.2) is 0 Å². The Morgan fingerprint density at radius 1 is 0.786 bits per heavy atom. The number of hydrogen-bond acceptors (Lipinski definition) is 0. The van der Waals surface area contributed by atoms with Gasteiger partial charge in [0, 0.05) is 0 Å². The Morgan fingerprint density at radius 3 is 2.14 bits per heavy atom. The summed E-state index contributed by atoms with van der Waals surface area (Å²) in [6, 6.07) is 19.0. The van der Waals surface area contributed by atoms with E-state index in [0.717, 1.165) is 6.42 Å². The second-order valence-electron chi connectivity index (χ2n) is 3.29. The molecule has 0 saturated carbocycles. The van der Waals surface area contributed by atoms with E-state index >= 15 is 0 Å². The summed E-state index contributed by atoms with van der Waals surface area (Å²) in [6.07, 6.45) is 1.02. The van der Waals surface area contributed by atoms with E-state index in [2.05, 4.69) is 70.6 Å². The van der Waals surface area contributed by atoms with Gasteiger partial charge in [0.05, 0.1) is 0 Å². The summed E-state index contributed by atoms with van der Waals surface area (Å²) in [5.41, 5.74) is 2.75. The standard InChI is InChI=1S/C13H12Se/c14-13-9-5-4-8-12(13)10-11-6-2-1-3-7-11/h1-9,14H,10H2. The zero-order valence-corrected chi connectivity index (χ0v) is 9.73. The maximum absolute atomic E-state index is 2.63. The fraction of sp³-hybridized carbons (Fsp3) is 0.0769. The van der Waals surface area contributed by atoms with Crippen LogP contribution in [0.4, 0.5) is 0 Å². The van der Waals surface area contributed by atoms with Crippen LogP contribution in [0.5, 0.6) is 0 Å². The summed E-state index contributed by atoms with van der Waals surface area (Å²) in [7, 11) is 0. The minimum atomic E-state index is 1.02. The van der Waals surface area contributed by atoms with Crippen molar-refractivity contribution in [2.24, 2.45) is 0 Å². The summed E-state index contributed by atoms with van der Waals surface area (Å²) < 4.78 is 1.31. The molecule has 0 aliphatic rings. The van der Waals surface area contributed by atoms with Crippen LogP contribution in [-0.4, -0.2) is 16.0 Å². The number of benzene rings is 2. The van der Waals surface area contributed by atoms with Crippen LogP contribution in [0.25, 0.3) is 0 Å². The molecular weight excluding hydrogens is 235 g/mol. The molecule has 0 bridgehead atoms. The van der Waals surface area contributed by atoms with Gasteiger partial charge < -0.3 is 0 Å². The van der Waals surface area contributed by atoms with Gasteiger partial charge in [0.15, 0.2) is 0 Å². The average molecular weight is 247 g/mol. The molecule has 2 aromatic carbocycles. The molecule has 2 rings (SSSR count). The Morgan fingerprint density at radius 2 is 1.43 bits per heavy atom. The average Bonchev–Trinajstić information content (AvgIpc) is 2.23. The van der Waals surface area contributed by atoms with Crippen LogP contribution in [0.15, 0.2) is 54.6 Å². The monoisotopic (exact) mass is 248 g/mol. The van der Waals surface area contributed by atoms with E-state index in [9.17, 15) is 0 Å². The van der Waals surface area contributed by atoms with Crippen molar-refractivity contribution in [3.63, 3.8) is 0 Å². The Labute approximate surface area is 92.8 Å². The van der Waals surface area contributed by atoms with E-state index in [1.54, 1.807) is 0 Å². The molecule has 0 aromatic heterocycles. The normalized spacial score (nSPS) is 10.1. The van der Waals surface area contributed by atoms with Gasteiger partial charge in [-0.05, 0) is 0 Å². The first-order chi connectivity index (χ1) is 6.86. The van der Waals surface area contributed by atoms with Gasteiger partial charge in [0.2, 0.25) is 0 Å². The van der Waals surface area contributed by atoms with E-state index in [1.165, 1.54) is 15.6 Å². The van der Waals surface area contributed by atoms with Crippen molar-refractivity contribution in [3.8, 4) is 0 Å². The van der Waals surface area contributed by atoms with Gasteiger partial charge in [-0.15, -0.1) is 0 Å². The first-order valence-electron chi connectivity index (χ1n) is 4.67. The van der Waals surface area contributed by atoms with Crippen LogP contribution in [-0.2, 0) is 6.42 Å². The third-order valence-corrected chi connectivity index (χ3v) is 3.14. The molecule has 0 aliphatic carbocycles. The van der Waals surface area contributed by atoms with Crippen LogP contribution in [0.1, 0.15) is 11.1 Å². The molecule has 0 N–H and O–H groups in total. The zero-order chi connectivity index (χ0) is 9.80. The third-order valence-electron chi connectivity index (χ3n) is 2.23. The van der Waals surface area contributed by atoms with Crippen molar-refractivity contribution in [3.05, 3.63) is 65.7 Å². The molecule has 70 valence electrons. The molecule has 0 heterocycles. The maximum atomic E-state index is 2.63. The van der Waals surface area contributed by atoms with E-state index in [0.29, 0.717) is 0 Å². The molecule has 0 fully saturated rings. The summed E-state index contributed by atoms with van der Waals surface area (Å²) in [6.45, 7) is 0. The fourth-order valence-corrected chi connectivity index (χ4v) is 1.98. The van der Waals surface area contributed by atoms with Gasteiger partial charge >= 0.3 is 92.6 Å². The van der Waals surface area contributed by atoms with Crippen molar-refractivity contribution in [1.82, 2.24) is 0 Å². The third kappa shape index (κ3) is 2.25. The molecule has 0 nitrogen and oxygen atoms in total. The van der Waals surface area contributed by atoms with Gasteiger partial charge in [-0.1, -0.05) is 0 Å². The second kappa shape index (κ2) is 4.45. The first kappa shape index (κ1) is 9.51. The summed E-state index contributed by atoms with van der Waals surface area (Å²) in [5.74, 6) is 0. The van der Waals surface area contributed by atoms with Gasteiger partial charge in [-0.3, -0.25) is 0 Å². The molecule has 1 heteroatoms. The first-order valence-corrected chi connectivity index (χ1v) is 5.61. The SMILES string of the molecule is [SeH]c1ccccc1Cc1ccccc1. The quantitative estimate of drug-likeness (QED) is 0.710. The molecule has 0 aliphatic heterocycles. The molecule has 14 heavy (non-hydrogen) atoms. The number of rotatable bonds is 2. The van der Waals surface area contributed by atoms with Gasteiger partial charge in [-0.2, -0.15) is 0 Å². The second-order valence-corrected chi connectivity index (χ2v) is 4.30. The Bertz CT molecular complexity index is 407. The van der Waals surface area contributed by atoms with Crippen LogP contribution < -0.4 is 4.46 Å². The molecule has 0 saturated heterocycles. The Hall–Kier alpha value is -1.04. The summed E-state index contributed by atoms with van der Waals surface area (Å²) in [4.78, 5) is 0. The van der Waals surface area contributed by atoms with Gasteiger partial charge in [0.25, 0.3) is 0 Å². The molecule has 2 aromatic rings. The Balaban J connectivity index is 2.24. The van der Waals surface area contributed by atoms with Crippen molar-refractivity contribution >= 4 is 20.5 Å². The van der Waals surface area contributed by atoms with E-state index in [1.807, 2.05) is 0 Å². The summed E-state index contributed by atoms with van der Waals surface area (Å²) >= 11 is 2.63. The van der Waals surface area contributed by atoms with Crippen molar-refractivity contribution < 1.29 is 0 Å². The topological polar surface area (TPSA) is 0 Å². The molecular formula is C13H12Se. The van der Waals surface area contributed by atoms with Crippen molar-refractivity contribution in [1.29, 1.82) is 0 Å². The predicted molar refractivity (Wildman–Crippen MR) is 62.5 cm³/mol. The van der Waals surface area contributed by atoms with Crippen LogP contribution in [0.3, 0.4) is 0 Å². The van der Waals surface area contributed by atoms with Crippen molar-refractivity contribution in [2.75, 3.05) is 0 Å². The van der Waals surface area contributed by atoms with Gasteiger partial charge in [0.1, 0.15) is 0 Å². The van der Waals surface area contributed by atoms with E-state index in [4.69, 9.17) is 0 Å². The van der Waals surface area contributed by atoms with E-state index in [-0.39, 0.29) is 0 Å². The van der Waals surface area contributed by atoms with Crippen LogP contribution in [0.2, 0.25) is 0 Å². The minimum absolute atomic E-state index is 1.02. The molecule has 0 unspecified atom stereocenters. The van der Waals surface area contributed by atoms with Crippen molar-refractivity contribution in [2.45, 2.75) is 6.42 Å². The summed E-state index contributed by atoms with van der Waals surface area (Å²) in [5, 5.41) is 0. The van der Waals surface area contributed by atoms with Crippen LogP contribution >= 0.6 is 0 Å².